The van der Waals surface area contributed by atoms with Gasteiger partial charge in [-0.2, -0.15) is 34.8 Å². The molecule has 5 atom stereocenters. The Labute approximate surface area is 142 Å². The number of hydrogen-bond donors (Lipinski definition) is 2. The molecule has 4 rings (SSSR count). The van der Waals surface area contributed by atoms with E-state index < -0.39 is 49.8 Å². The van der Waals surface area contributed by atoms with E-state index in [1.54, 1.807) is 0 Å². The van der Waals surface area contributed by atoms with Gasteiger partial charge in [0, 0.05) is 17.8 Å². The topological polar surface area (TPSA) is 101 Å². The zero-order valence-electron chi connectivity index (χ0n) is 12.7. The molecular weight excluding hydrogens is 398 g/mol. The molecule has 4 aliphatic carbocycles. The molecule has 0 radical (unpaired) electrons. The largest absolute Gasteiger partial charge is 0.457 e. The van der Waals surface area contributed by atoms with E-state index in [0.29, 0.717) is 12.8 Å². The number of halogens is 6. The predicted octanol–water partition coefficient (Wildman–Crippen LogP) is 1.58. The smallest absolute Gasteiger partial charge is 0.430 e. The van der Waals surface area contributed by atoms with Crippen molar-refractivity contribution in [1.29, 1.82) is 0 Å². The third kappa shape index (κ3) is 1.64. The highest BCUT2D eigenvalue weighted by molar-refractivity contribution is 7.88. The van der Waals surface area contributed by atoms with Crippen LogP contribution in [0, 0.1) is 17.3 Å². The van der Waals surface area contributed by atoms with E-state index in [1.807, 2.05) is 0 Å². The number of carbonyl (C=O) groups excluding carboxylic acids is 1. The minimum Gasteiger partial charge on any atom is -0.457 e. The molecule has 2 N–H and O–H groups in total. The van der Waals surface area contributed by atoms with Crippen LogP contribution in [0.25, 0.3) is 0 Å². The molecule has 0 bridgehead atoms. The van der Waals surface area contributed by atoms with Gasteiger partial charge < -0.3 is 9.84 Å². The first-order valence-electron chi connectivity index (χ1n) is 7.54. The summed E-state index contributed by atoms with van der Waals surface area (Å²) in [6.45, 7) is 0. The van der Waals surface area contributed by atoms with Gasteiger partial charge in [-0.25, -0.2) is 4.79 Å². The highest BCUT2D eigenvalue weighted by atomic mass is 32.2. The van der Waals surface area contributed by atoms with Gasteiger partial charge in [-0.3, -0.25) is 4.55 Å². The average molecular weight is 410 g/mol. The molecule has 4 fully saturated rings. The number of esters is 1. The molecule has 0 aromatic rings. The molecule has 148 valence electrons. The minimum absolute atomic E-state index is 0.0352. The number of hydrogen-bond acceptors (Lipinski definition) is 5. The number of rotatable bonds is 3. The molecule has 0 aliphatic heterocycles. The van der Waals surface area contributed by atoms with E-state index in [0.717, 1.165) is 0 Å². The molecular formula is C13H12F6O6S. The molecule has 0 aromatic heterocycles. The van der Waals surface area contributed by atoms with Gasteiger partial charge in [0.2, 0.25) is 0 Å². The molecule has 26 heavy (non-hydrogen) atoms. The summed E-state index contributed by atoms with van der Waals surface area (Å²) in [6, 6.07) is 0. The Morgan fingerprint density at radius 1 is 1.04 bits per heavy atom. The highest BCUT2D eigenvalue weighted by Crippen LogP contribution is 2.89. The van der Waals surface area contributed by atoms with Crippen LogP contribution >= 0.6 is 0 Å². The lowest BCUT2D eigenvalue weighted by Crippen LogP contribution is -2.68. The molecule has 4 aliphatic rings. The molecule has 0 aromatic carbocycles. The fourth-order valence-corrected chi connectivity index (χ4v) is 6.65. The van der Waals surface area contributed by atoms with Gasteiger partial charge in [0.05, 0.1) is 5.60 Å². The first kappa shape index (κ1) is 18.3. The van der Waals surface area contributed by atoms with Crippen molar-refractivity contribution in [3.63, 3.8) is 0 Å². The maximum absolute atomic E-state index is 13.2. The Morgan fingerprint density at radius 3 is 1.96 bits per heavy atom. The second-order valence-corrected chi connectivity index (χ2v) is 9.36. The first-order valence-corrected chi connectivity index (χ1v) is 8.98. The summed E-state index contributed by atoms with van der Waals surface area (Å²) in [5.41, 5.74) is -3.98. The summed E-state index contributed by atoms with van der Waals surface area (Å²) in [5, 5.41) is 10.3. The Balaban J connectivity index is 1.74. The van der Waals surface area contributed by atoms with Crippen molar-refractivity contribution in [3.8, 4) is 0 Å². The Hall–Kier alpha value is -1.08. The van der Waals surface area contributed by atoms with Crippen molar-refractivity contribution >= 4 is 16.1 Å². The summed E-state index contributed by atoms with van der Waals surface area (Å²) in [6.07, 6.45) is -13.1. The van der Waals surface area contributed by atoms with Crippen LogP contribution in [-0.2, 0) is 19.6 Å². The zero-order valence-corrected chi connectivity index (χ0v) is 13.5. The summed E-state index contributed by atoms with van der Waals surface area (Å²) in [4.78, 5) is 12.0. The average Bonchev–Trinajstić information content (AvgIpc) is 2.86. The van der Waals surface area contributed by atoms with Crippen molar-refractivity contribution in [3.05, 3.63) is 0 Å². The third-order valence-corrected chi connectivity index (χ3v) is 8.03. The fraction of sp³-hybridized carbons (Fsp3) is 0.923. The molecule has 1 spiro atoms. The van der Waals surface area contributed by atoms with Gasteiger partial charge in [-0.05, 0) is 25.2 Å². The lowest BCUT2D eigenvalue weighted by molar-refractivity contribution is -0.271. The maximum atomic E-state index is 13.2. The van der Waals surface area contributed by atoms with Gasteiger partial charge in [0.1, 0.15) is 5.60 Å². The Morgan fingerprint density at radius 2 is 1.58 bits per heavy atom. The van der Waals surface area contributed by atoms with E-state index >= 15 is 0 Å². The van der Waals surface area contributed by atoms with Crippen molar-refractivity contribution in [1.82, 2.24) is 0 Å². The number of alkyl halides is 6. The maximum Gasteiger partial charge on any atom is 0.430 e. The van der Waals surface area contributed by atoms with E-state index in [9.17, 15) is 44.7 Å². The quantitative estimate of drug-likeness (QED) is 0.416. The van der Waals surface area contributed by atoms with Crippen molar-refractivity contribution in [2.24, 2.45) is 17.3 Å². The number of ether oxygens (including phenoxy) is 1. The van der Waals surface area contributed by atoms with Gasteiger partial charge in [0.25, 0.3) is 0 Å². The lowest BCUT2D eigenvalue weighted by Gasteiger charge is -2.60. The summed E-state index contributed by atoms with van der Waals surface area (Å²) >= 11 is 0. The van der Waals surface area contributed by atoms with Crippen LogP contribution in [0.1, 0.15) is 25.7 Å². The zero-order chi connectivity index (χ0) is 19.8. The van der Waals surface area contributed by atoms with Crippen LogP contribution in [0.5, 0.6) is 0 Å². The van der Waals surface area contributed by atoms with Crippen LogP contribution in [0.4, 0.5) is 26.3 Å². The van der Waals surface area contributed by atoms with Crippen molar-refractivity contribution in [2.75, 3.05) is 0 Å². The van der Waals surface area contributed by atoms with Crippen LogP contribution in [0.2, 0.25) is 0 Å². The van der Waals surface area contributed by atoms with E-state index in [1.165, 1.54) is 0 Å². The highest BCUT2D eigenvalue weighted by Gasteiger charge is 2.94. The van der Waals surface area contributed by atoms with Gasteiger partial charge in [0.15, 0.2) is 0 Å². The van der Waals surface area contributed by atoms with Gasteiger partial charge in [-0.1, -0.05) is 0 Å². The van der Waals surface area contributed by atoms with Crippen LogP contribution in [0.15, 0.2) is 0 Å². The van der Waals surface area contributed by atoms with E-state index in [-0.39, 0.29) is 24.7 Å². The third-order valence-electron chi connectivity index (χ3n) is 6.62. The summed E-state index contributed by atoms with van der Waals surface area (Å²) < 4.78 is 108. The number of aliphatic hydroxyl groups is 1. The molecule has 5 unspecified atom stereocenters. The minimum atomic E-state index is -7.01. The van der Waals surface area contributed by atoms with Crippen LogP contribution in [0.3, 0.4) is 0 Å². The van der Waals surface area contributed by atoms with Crippen molar-refractivity contribution in [2.45, 2.75) is 54.0 Å². The SMILES string of the molecule is O=C(OC12CC3(O)CC4CC1(C2)C43)C(C(F)(F)F)(C(F)(F)F)S(=O)(=O)O. The van der Waals surface area contributed by atoms with Gasteiger partial charge in [-0.15, -0.1) is 0 Å². The molecule has 13 heteroatoms. The van der Waals surface area contributed by atoms with E-state index in [4.69, 9.17) is 4.55 Å². The van der Waals surface area contributed by atoms with Crippen LogP contribution in [-0.4, -0.2) is 52.3 Å². The van der Waals surface area contributed by atoms with Crippen LogP contribution < -0.4 is 0 Å². The predicted molar refractivity (Wildman–Crippen MR) is 68.0 cm³/mol. The van der Waals surface area contributed by atoms with E-state index in [2.05, 4.69) is 4.74 Å². The summed E-state index contributed by atoms with van der Waals surface area (Å²) in [7, 11) is -7.01. The normalized spacial score (nSPS) is 43.7. The first-order chi connectivity index (χ1) is 11.5. The molecule has 0 amide bonds. The molecule has 6 nitrogen and oxygen atoms in total. The standard InChI is InChI=1S/C13H12F6O6S/c14-12(15,16)11(13(17,18)19,26(22,23)24)7(20)25-10-3-8(10)1-5-2-9(21,4-10)6(5)8/h5-6,21H,1-4H2,(H,22,23,24). The summed E-state index contributed by atoms with van der Waals surface area (Å²) in [5.74, 6) is -3.44. The second kappa shape index (κ2) is 4.17. The number of carbonyl (C=O) groups is 1. The Kier molecular flexibility index (Phi) is 2.93. The van der Waals surface area contributed by atoms with Crippen molar-refractivity contribution < 1.29 is 54.0 Å². The molecule has 4 saturated carbocycles. The lowest BCUT2D eigenvalue weighted by atomic mass is 9.46. The fourth-order valence-electron chi connectivity index (χ4n) is 5.81. The van der Waals surface area contributed by atoms with Gasteiger partial charge >= 0.3 is 33.2 Å². The molecule has 0 saturated heterocycles. The molecule has 0 heterocycles. The Bertz CT molecular complexity index is 806. The monoisotopic (exact) mass is 410 g/mol. The second-order valence-electron chi connectivity index (χ2n) is 7.79.